The number of rotatable bonds is 6. The molecule has 156 valence electrons. The first-order chi connectivity index (χ1) is 13.4. The van der Waals surface area contributed by atoms with E-state index in [9.17, 15) is 36.2 Å². The lowest BCUT2D eigenvalue weighted by Gasteiger charge is -2.32. The molecule has 0 aromatic heterocycles. The normalized spacial score (nSPS) is 13.3. The van der Waals surface area contributed by atoms with Crippen LogP contribution in [0.15, 0.2) is 59.7 Å². The number of amides is 1. The molecule has 2 aromatic rings. The molecule has 2 aromatic carbocycles. The molecular formula is C18H15F6N3O2. The van der Waals surface area contributed by atoms with Crippen LogP contribution >= 0.6 is 0 Å². The van der Waals surface area contributed by atoms with Gasteiger partial charge in [-0.25, -0.2) is 0 Å². The molecule has 2 rings (SSSR count). The zero-order valence-corrected chi connectivity index (χ0v) is 14.6. The van der Waals surface area contributed by atoms with E-state index in [1.807, 2.05) is 0 Å². The van der Waals surface area contributed by atoms with E-state index in [0.29, 0.717) is 17.7 Å². The van der Waals surface area contributed by atoms with Crippen LogP contribution in [0.1, 0.15) is 11.1 Å². The number of anilines is 1. The fourth-order valence-corrected chi connectivity index (χ4v) is 2.38. The van der Waals surface area contributed by atoms with E-state index in [2.05, 4.69) is 10.5 Å². The Morgan fingerprint density at radius 3 is 1.90 bits per heavy atom. The Balaban J connectivity index is 2.25. The predicted molar refractivity (Wildman–Crippen MR) is 92.8 cm³/mol. The molecule has 0 fully saturated rings. The van der Waals surface area contributed by atoms with Gasteiger partial charge in [-0.1, -0.05) is 42.5 Å². The summed E-state index contributed by atoms with van der Waals surface area (Å²) in [7, 11) is 0. The molecule has 0 atom stereocenters. The highest BCUT2D eigenvalue weighted by Crippen LogP contribution is 2.50. The second-order valence-electron chi connectivity index (χ2n) is 5.98. The van der Waals surface area contributed by atoms with E-state index in [1.54, 1.807) is 30.3 Å². The third-order valence-electron chi connectivity index (χ3n) is 3.94. The Morgan fingerprint density at radius 2 is 1.45 bits per heavy atom. The average Bonchev–Trinajstić information content (AvgIpc) is 2.63. The van der Waals surface area contributed by atoms with Crippen LogP contribution in [0, 0.1) is 0 Å². The smallest absolute Gasteiger partial charge is 0.369 e. The molecule has 0 saturated carbocycles. The Hall–Kier alpha value is -3.08. The van der Waals surface area contributed by atoms with Crippen molar-refractivity contribution in [2.24, 2.45) is 10.8 Å². The zero-order valence-electron chi connectivity index (χ0n) is 14.6. The van der Waals surface area contributed by atoms with Gasteiger partial charge in [0.2, 0.25) is 0 Å². The van der Waals surface area contributed by atoms with E-state index >= 15 is 0 Å². The molecular weight excluding hydrogens is 404 g/mol. The van der Waals surface area contributed by atoms with Crippen LogP contribution in [-0.4, -0.2) is 29.1 Å². The zero-order chi connectivity index (χ0) is 21.9. The number of nitrogens with zero attached hydrogens (tertiary/aromatic N) is 1. The van der Waals surface area contributed by atoms with Crippen LogP contribution in [0.2, 0.25) is 0 Å². The van der Waals surface area contributed by atoms with Gasteiger partial charge in [-0.05, 0) is 17.7 Å². The van der Waals surface area contributed by atoms with Gasteiger partial charge in [0.15, 0.2) is 0 Å². The van der Waals surface area contributed by atoms with Crippen molar-refractivity contribution >= 4 is 17.3 Å². The molecule has 5 nitrogen and oxygen atoms in total. The number of halogens is 6. The van der Waals surface area contributed by atoms with Gasteiger partial charge >= 0.3 is 12.4 Å². The first-order valence-electron chi connectivity index (χ1n) is 7.99. The maximum atomic E-state index is 12.9. The van der Waals surface area contributed by atoms with Crippen molar-refractivity contribution in [3.05, 3.63) is 65.7 Å². The molecule has 0 aliphatic heterocycles. The second-order valence-corrected chi connectivity index (χ2v) is 5.98. The Bertz CT molecular complexity index is 863. The summed E-state index contributed by atoms with van der Waals surface area (Å²) in [4.78, 5) is 11.5. The minimum atomic E-state index is -5.98. The van der Waals surface area contributed by atoms with Crippen LogP contribution in [0.5, 0.6) is 0 Å². The van der Waals surface area contributed by atoms with Crippen molar-refractivity contribution in [2.75, 3.05) is 5.43 Å². The van der Waals surface area contributed by atoms with Gasteiger partial charge in [0, 0.05) is 12.0 Å². The SMILES string of the molecule is NC(=O)/C(Cc1ccccc1)=N/Nc1ccc(C(O)(C(F)(F)F)C(F)(F)F)cc1. The summed E-state index contributed by atoms with van der Waals surface area (Å²) in [6.45, 7) is 0. The summed E-state index contributed by atoms with van der Waals surface area (Å²) < 4.78 is 77.3. The number of carbonyl (C=O) groups excluding carboxylic acids is 1. The maximum absolute atomic E-state index is 12.9. The number of benzene rings is 2. The van der Waals surface area contributed by atoms with Crippen LogP contribution in [0.3, 0.4) is 0 Å². The van der Waals surface area contributed by atoms with Crippen LogP contribution < -0.4 is 11.2 Å². The standard InChI is InChI=1S/C18H15F6N3O2/c19-17(20,21)16(29,18(22,23)24)12-6-8-13(9-7-12)26-27-14(15(25)28)10-11-4-2-1-3-5-11/h1-9,26,29H,10H2,(H2,25,28)/b27-14+. The number of nitrogens with two attached hydrogens (primary N) is 1. The van der Waals surface area contributed by atoms with Crippen molar-refractivity contribution in [1.82, 2.24) is 0 Å². The highest BCUT2D eigenvalue weighted by molar-refractivity contribution is 6.38. The number of nitrogens with one attached hydrogen (secondary N) is 1. The van der Waals surface area contributed by atoms with Crippen LogP contribution in [-0.2, 0) is 16.8 Å². The summed E-state index contributed by atoms with van der Waals surface area (Å²) in [5, 5.41) is 13.1. The summed E-state index contributed by atoms with van der Waals surface area (Å²) in [6, 6.07) is 11.2. The van der Waals surface area contributed by atoms with E-state index in [0.717, 1.165) is 12.1 Å². The highest BCUT2D eigenvalue weighted by Gasteiger charge is 2.71. The summed E-state index contributed by atoms with van der Waals surface area (Å²) in [5.74, 6) is -0.860. The Labute approximate surface area is 160 Å². The summed E-state index contributed by atoms with van der Waals surface area (Å²) in [6.07, 6.45) is -11.9. The van der Waals surface area contributed by atoms with Crippen molar-refractivity contribution in [3.8, 4) is 0 Å². The van der Waals surface area contributed by atoms with E-state index < -0.39 is 29.4 Å². The minimum absolute atomic E-state index is 0.0211. The number of hydrogen-bond donors (Lipinski definition) is 3. The molecule has 0 saturated heterocycles. The highest BCUT2D eigenvalue weighted by atomic mass is 19.4. The van der Waals surface area contributed by atoms with Crippen molar-refractivity contribution in [2.45, 2.75) is 24.4 Å². The van der Waals surface area contributed by atoms with E-state index in [-0.39, 0.29) is 17.8 Å². The lowest BCUT2D eigenvalue weighted by molar-refractivity contribution is -0.376. The third kappa shape index (κ3) is 4.86. The van der Waals surface area contributed by atoms with Gasteiger partial charge in [0.1, 0.15) is 5.71 Å². The number of aliphatic hydroxyl groups is 1. The molecule has 0 heterocycles. The summed E-state index contributed by atoms with van der Waals surface area (Å²) in [5.41, 5.74) is 1.73. The van der Waals surface area contributed by atoms with Gasteiger partial charge in [0.05, 0.1) is 5.69 Å². The average molecular weight is 419 g/mol. The molecule has 4 N–H and O–H groups in total. The fraction of sp³-hybridized carbons (Fsp3) is 0.222. The fourth-order valence-electron chi connectivity index (χ4n) is 2.38. The van der Waals surface area contributed by atoms with Crippen LogP contribution in [0.4, 0.5) is 32.0 Å². The lowest BCUT2D eigenvalue weighted by Crippen LogP contribution is -2.53. The summed E-state index contributed by atoms with van der Waals surface area (Å²) >= 11 is 0. The lowest BCUT2D eigenvalue weighted by atomic mass is 9.92. The number of hydrazone groups is 1. The molecule has 0 unspecified atom stereocenters. The van der Waals surface area contributed by atoms with Crippen molar-refractivity contribution in [3.63, 3.8) is 0 Å². The minimum Gasteiger partial charge on any atom is -0.369 e. The Kier molecular flexibility index (Phi) is 6.21. The van der Waals surface area contributed by atoms with Gasteiger partial charge in [0.25, 0.3) is 11.5 Å². The third-order valence-corrected chi connectivity index (χ3v) is 3.94. The number of carbonyl (C=O) groups is 1. The van der Waals surface area contributed by atoms with Gasteiger partial charge < -0.3 is 10.8 Å². The van der Waals surface area contributed by atoms with Gasteiger partial charge in [-0.2, -0.15) is 31.4 Å². The predicted octanol–water partition coefficient (Wildman–Crippen LogP) is 3.49. The largest absolute Gasteiger partial charge is 0.430 e. The van der Waals surface area contributed by atoms with Crippen molar-refractivity contribution in [1.29, 1.82) is 0 Å². The topological polar surface area (TPSA) is 87.7 Å². The molecule has 11 heteroatoms. The molecule has 0 radical (unpaired) electrons. The molecule has 29 heavy (non-hydrogen) atoms. The van der Waals surface area contributed by atoms with Crippen molar-refractivity contribution < 1.29 is 36.2 Å². The van der Waals surface area contributed by atoms with Crippen LogP contribution in [0.25, 0.3) is 0 Å². The number of primary amides is 1. The first-order valence-corrected chi connectivity index (χ1v) is 7.99. The van der Waals surface area contributed by atoms with Gasteiger partial charge in [-0.3, -0.25) is 10.2 Å². The number of alkyl halides is 6. The maximum Gasteiger partial charge on any atom is 0.430 e. The molecule has 0 aliphatic rings. The van der Waals surface area contributed by atoms with E-state index in [4.69, 9.17) is 5.73 Å². The number of hydrogen-bond acceptors (Lipinski definition) is 4. The van der Waals surface area contributed by atoms with E-state index in [1.165, 1.54) is 0 Å². The molecule has 1 amide bonds. The monoisotopic (exact) mass is 419 g/mol. The molecule has 0 bridgehead atoms. The molecule has 0 spiro atoms. The Morgan fingerprint density at radius 1 is 0.931 bits per heavy atom. The first kappa shape index (κ1) is 22.2. The quantitative estimate of drug-likeness (QED) is 0.381. The molecule has 0 aliphatic carbocycles. The second kappa shape index (κ2) is 8.11. The van der Waals surface area contributed by atoms with Gasteiger partial charge in [-0.15, -0.1) is 0 Å².